The number of cyclic esters (lactones) is 1. The average molecular weight is 1140 g/mol. The summed E-state index contributed by atoms with van der Waals surface area (Å²) in [5.74, 6) is -1.92. The number of rotatable bonds is 17. The van der Waals surface area contributed by atoms with Crippen molar-refractivity contribution in [1.29, 1.82) is 0 Å². The number of hydrogen-bond acceptors (Lipinski definition) is 12. The van der Waals surface area contributed by atoms with Crippen LogP contribution in [0.4, 0.5) is 0 Å². The number of carbonyl (C=O) groups is 1. The van der Waals surface area contributed by atoms with Crippen molar-refractivity contribution in [2.24, 2.45) is 17.8 Å². The van der Waals surface area contributed by atoms with Crippen LogP contribution in [-0.4, -0.2) is 148 Å². The molecule has 0 aliphatic carbocycles. The second kappa shape index (κ2) is 27.7. The van der Waals surface area contributed by atoms with E-state index in [1.165, 1.54) is 34.0 Å². The van der Waals surface area contributed by atoms with E-state index in [1.807, 2.05) is 32.8 Å². The molecule has 0 unspecified atom stereocenters. The average Bonchev–Trinajstić information content (AvgIpc) is 3.33. The number of methoxy groups -OCH3 is 1. The van der Waals surface area contributed by atoms with Crippen molar-refractivity contribution in [3.8, 4) is 5.75 Å². The van der Waals surface area contributed by atoms with Gasteiger partial charge in [-0.05, 0) is 162 Å². The summed E-state index contributed by atoms with van der Waals surface area (Å²) in [4.78, 5) is 18.0. The normalized spacial score (nSPS) is 32.6. The highest BCUT2D eigenvalue weighted by Crippen LogP contribution is 2.56. The monoisotopic (exact) mass is 1130 g/mol. The highest BCUT2D eigenvalue weighted by Gasteiger charge is 2.50. The Hall–Kier alpha value is -2.27. The predicted octanol–water partition coefficient (Wildman–Crippen LogP) is 4.31. The molecule has 0 saturated carbocycles. The first-order chi connectivity index (χ1) is 33.5. The number of unbranched alkanes of at least 4 members (excludes halogenated alkanes) is 5. The third-order valence-electron chi connectivity index (χ3n) is 15.9. The quantitative estimate of drug-likeness (QED) is 0.0566. The van der Waals surface area contributed by atoms with Gasteiger partial charge in [0.15, 0.2) is 6.29 Å². The zero-order valence-corrected chi connectivity index (χ0v) is 48.9. The molecule has 0 radical (unpaired) electrons. The van der Waals surface area contributed by atoms with E-state index in [-0.39, 0.29) is 54.9 Å². The lowest BCUT2D eigenvalue weighted by molar-refractivity contribution is -0.299. The molecule has 5 N–H and O–H groups in total. The van der Waals surface area contributed by atoms with E-state index in [9.17, 15) is 30.3 Å². The molecule has 2 aliphatic rings. The highest BCUT2D eigenvalue weighted by atomic mass is 127. The molecule has 72 heavy (non-hydrogen) atoms. The number of halogens is 1. The number of carbonyl (C=O) groups excluding carboxylic acids is 1. The van der Waals surface area contributed by atoms with Gasteiger partial charge < -0.3 is 73.4 Å². The molecule has 0 aromatic heterocycles. The Morgan fingerprint density at radius 3 is 1.81 bits per heavy atom. The van der Waals surface area contributed by atoms with Crippen LogP contribution in [0.5, 0.6) is 5.75 Å². The minimum atomic E-state index is -2.01. The van der Waals surface area contributed by atoms with Crippen LogP contribution in [0.2, 0.25) is 0 Å². The first-order valence-electron chi connectivity index (χ1n) is 26.6. The smallest absolute Gasteiger partial charge is 0.311 e. The maximum absolute atomic E-state index is 13.8. The van der Waals surface area contributed by atoms with Crippen LogP contribution in [0.25, 0.3) is 0 Å². The minimum absolute atomic E-state index is 0. The van der Waals surface area contributed by atoms with Crippen molar-refractivity contribution in [2.45, 2.75) is 193 Å². The predicted molar refractivity (Wildman–Crippen MR) is 288 cm³/mol. The molecule has 14 atom stereocenters. The van der Waals surface area contributed by atoms with Crippen LogP contribution in [0.1, 0.15) is 124 Å². The van der Waals surface area contributed by atoms with E-state index in [0.29, 0.717) is 19.5 Å². The molecule has 0 spiro atoms. The number of likely N-dealkylation sites (N-methyl/N-ethyl adjacent to an activating group) is 1. The lowest BCUT2D eigenvalue weighted by atomic mass is 9.78. The maximum Gasteiger partial charge on any atom is 0.311 e. The second-order valence-electron chi connectivity index (χ2n) is 22.2. The molecule has 2 aliphatic heterocycles. The van der Waals surface area contributed by atoms with E-state index in [0.717, 1.165) is 50.4 Å². The molecule has 406 valence electrons. The SMILES string of the molecule is CC[C@H]1OC(=O)[C@H](C)[C@@H](O)[C@H](C)[C@@H](O[C@@H]2O[C@H](C)C[C@H](N(C)C)[C@H]2O)[C@](C)(O)C[C@@H](C)CN(CCCCCCCC[P+](c2ccc(C)cc2)(c2ccc(C)cc2)c2ccc(OC)cc2)[C@H](C)[C@@H](O)[C@]1(C)O.[I-]. The molecule has 12 nitrogen and oxygen atoms in total. The molecule has 3 aromatic carbocycles. The lowest BCUT2D eigenvalue weighted by Crippen LogP contribution is -3.00. The van der Waals surface area contributed by atoms with E-state index in [1.54, 1.807) is 34.8 Å². The first-order valence-corrected chi connectivity index (χ1v) is 28.5. The summed E-state index contributed by atoms with van der Waals surface area (Å²) in [6.07, 6.45) is 1.13. The van der Waals surface area contributed by atoms with Gasteiger partial charge in [-0.1, -0.05) is 75.4 Å². The number of nitrogens with zero attached hydrogens (tertiary/aromatic N) is 2. The van der Waals surface area contributed by atoms with Crippen LogP contribution in [0, 0.1) is 31.6 Å². The second-order valence-corrected chi connectivity index (χ2v) is 25.8. The first kappa shape index (κ1) is 62.3. The fraction of sp³-hybridized carbons (Fsp3) is 0.672. The van der Waals surface area contributed by atoms with Gasteiger partial charge in [-0.25, -0.2) is 0 Å². The van der Waals surface area contributed by atoms with E-state index >= 15 is 0 Å². The number of aryl methyl sites for hydroxylation is 2. The van der Waals surface area contributed by atoms with Crippen LogP contribution in [0.15, 0.2) is 72.8 Å². The number of benzene rings is 3. The summed E-state index contributed by atoms with van der Waals surface area (Å²) < 4.78 is 24.3. The summed E-state index contributed by atoms with van der Waals surface area (Å²) in [6, 6.07) is 26.2. The van der Waals surface area contributed by atoms with Crippen LogP contribution < -0.4 is 44.6 Å². The van der Waals surface area contributed by atoms with Crippen molar-refractivity contribution < 1.29 is 73.3 Å². The molecule has 3 aromatic rings. The molecule has 0 bridgehead atoms. The third kappa shape index (κ3) is 15.2. The summed E-state index contributed by atoms with van der Waals surface area (Å²) >= 11 is 0. The Labute approximate surface area is 450 Å². The maximum atomic E-state index is 13.8. The van der Waals surface area contributed by atoms with Gasteiger partial charge in [0.25, 0.3) is 0 Å². The van der Waals surface area contributed by atoms with Crippen molar-refractivity contribution in [2.75, 3.05) is 40.5 Å². The number of ether oxygens (including phenoxy) is 4. The van der Waals surface area contributed by atoms with Crippen LogP contribution >= 0.6 is 7.26 Å². The Kier molecular flexibility index (Phi) is 23.9. The molecule has 2 fully saturated rings. The zero-order chi connectivity index (χ0) is 52.4. The zero-order valence-electron chi connectivity index (χ0n) is 45.8. The highest BCUT2D eigenvalue weighted by molar-refractivity contribution is 7.95. The van der Waals surface area contributed by atoms with Gasteiger partial charge >= 0.3 is 5.97 Å². The molecule has 0 amide bonds. The molecular formula is C58H92IN2O10P. The van der Waals surface area contributed by atoms with Gasteiger partial charge in [-0.3, -0.25) is 9.69 Å². The van der Waals surface area contributed by atoms with Crippen molar-refractivity contribution >= 4 is 29.1 Å². The minimum Gasteiger partial charge on any atom is -1.00 e. The summed E-state index contributed by atoms with van der Waals surface area (Å²) in [7, 11) is 3.50. The van der Waals surface area contributed by atoms with Gasteiger partial charge in [0.05, 0.1) is 43.1 Å². The summed E-state index contributed by atoms with van der Waals surface area (Å²) in [5, 5.41) is 64.1. The van der Waals surface area contributed by atoms with Crippen LogP contribution in [-0.2, 0) is 19.0 Å². The van der Waals surface area contributed by atoms with Gasteiger partial charge in [-0.15, -0.1) is 0 Å². The molecule has 2 saturated heterocycles. The number of aliphatic hydroxyl groups excluding tert-OH is 3. The van der Waals surface area contributed by atoms with Gasteiger partial charge in [-0.2, -0.15) is 0 Å². The van der Waals surface area contributed by atoms with E-state index in [2.05, 4.69) is 98.5 Å². The van der Waals surface area contributed by atoms with Crippen molar-refractivity contribution in [3.63, 3.8) is 0 Å². The Morgan fingerprint density at radius 1 is 0.778 bits per heavy atom. The number of hydrogen-bond donors (Lipinski definition) is 5. The number of esters is 1. The Balaban J connectivity index is 0.0000112. The Morgan fingerprint density at radius 2 is 1.29 bits per heavy atom. The molecular weight excluding hydrogens is 1040 g/mol. The summed E-state index contributed by atoms with van der Waals surface area (Å²) in [5.41, 5.74) is -0.880. The van der Waals surface area contributed by atoms with E-state index < -0.39 is 79.1 Å². The fourth-order valence-corrected chi connectivity index (χ4v) is 15.9. The van der Waals surface area contributed by atoms with Gasteiger partial charge in [0.1, 0.15) is 52.8 Å². The molecule has 5 rings (SSSR count). The summed E-state index contributed by atoms with van der Waals surface area (Å²) in [6.45, 7) is 19.6. The lowest BCUT2D eigenvalue weighted by Gasteiger charge is -2.46. The van der Waals surface area contributed by atoms with Crippen LogP contribution in [0.3, 0.4) is 0 Å². The topological polar surface area (TPSA) is 162 Å². The fourth-order valence-electron chi connectivity index (χ4n) is 11.5. The van der Waals surface area contributed by atoms with Crippen molar-refractivity contribution in [1.82, 2.24) is 9.80 Å². The Bertz CT molecular complexity index is 2030. The molecule has 2 heterocycles. The third-order valence-corrected chi connectivity index (χ3v) is 20.5. The van der Waals surface area contributed by atoms with E-state index in [4.69, 9.17) is 18.9 Å². The standard InChI is InChI=1S/C58H92N2O10P.HI/c1-14-50-58(10,66)53(63)44(8)60(37-40(4)36-57(9,65)54(42(6)51(61)43(7)55(64)69-50)70-56-52(62)49(59(11)12)35-41(5)68-56)33-19-17-15-16-18-20-34-71(46-27-21-38(2)22-28-46,47-29-23-39(3)24-30-47)48-31-25-45(67-13)26-32-48;/h21-32,40-44,49-54,56,61-63,65-66H,14-20,33-37H2,1-13H3;1H/q+1;/p-1/t40-,41-,42+,43-,44-,49+,50-,51+,52-,53-,54-,56+,57-,58-;/m1./s1. The molecule has 14 heteroatoms. The largest absolute Gasteiger partial charge is 1.00 e. The number of aliphatic hydroxyl groups is 5. The van der Waals surface area contributed by atoms with Crippen molar-refractivity contribution in [3.05, 3.63) is 83.9 Å². The van der Waals surface area contributed by atoms with Gasteiger partial charge in [0, 0.05) is 24.5 Å². The van der Waals surface area contributed by atoms with Gasteiger partial charge in [0.2, 0.25) is 0 Å².